The van der Waals surface area contributed by atoms with Gasteiger partial charge in [0.05, 0.1) is 0 Å². The van der Waals surface area contributed by atoms with Crippen LogP contribution in [0.1, 0.15) is 47.9 Å². The van der Waals surface area contributed by atoms with Crippen LogP contribution in [0.15, 0.2) is 53.0 Å². The highest BCUT2D eigenvalue weighted by Crippen LogP contribution is 2.36. The molecule has 1 N–H and O–H groups in total. The molecular weight excluding hydrogens is 322 g/mol. The Morgan fingerprint density at radius 2 is 1.71 bits per heavy atom. The van der Waals surface area contributed by atoms with Gasteiger partial charge in [0.2, 0.25) is 0 Å². The minimum atomic E-state index is 0.376. The fraction of sp³-hybridized carbons (Fsp3) is 0.368. The molecule has 0 spiro atoms. The third-order valence-corrected chi connectivity index (χ3v) is 5.15. The van der Waals surface area contributed by atoms with E-state index in [4.69, 9.17) is 0 Å². The van der Waals surface area contributed by atoms with Crippen LogP contribution in [0.4, 0.5) is 0 Å². The Balaban J connectivity index is 1.71. The largest absolute Gasteiger partial charge is 0.313 e. The number of rotatable bonds is 5. The molecule has 2 aromatic carbocycles. The van der Waals surface area contributed by atoms with Gasteiger partial charge in [-0.15, -0.1) is 0 Å². The van der Waals surface area contributed by atoms with Crippen LogP contribution in [0, 0.1) is 0 Å². The SMILES string of the molecule is CNC(Cc1ccc(Br)cc1)c1ccc(C2CCC2)cc1. The van der Waals surface area contributed by atoms with Gasteiger partial charge >= 0.3 is 0 Å². The van der Waals surface area contributed by atoms with Crippen molar-refractivity contribution in [2.24, 2.45) is 0 Å². The summed E-state index contributed by atoms with van der Waals surface area (Å²) in [5, 5.41) is 3.45. The van der Waals surface area contributed by atoms with Gasteiger partial charge in [-0.3, -0.25) is 0 Å². The molecule has 2 heteroatoms. The number of hydrogen-bond acceptors (Lipinski definition) is 1. The number of hydrogen-bond donors (Lipinski definition) is 1. The number of benzene rings is 2. The highest BCUT2D eigenvalue weighted by Gasteiger charge is 2.19. The van der Waals surface area contributed by atoms with Crippen molar-refractivity contribution in [1.82, 2.24) is 5.32 Å². The zero-order valence-electron chi connectivity index (χ0n) is 12.5. The summed E-state index contributed by atoms with van der Waals surface area (Å²) in [6.07, 6.45) is 5.16. The van der Waals surface area contributed by atoms with E-state index in [9.17, 15) is 0 Å². The molecule has 1 aliphatic carbocycles. The van der Waals surface area contributed by atoms with Gasteiger partial charge in [-0.05, 0) is 61.1 Å². The van der Waals surface area contributed by atoms with E-state index < -0.39 is 0 Å². The Morgan fingerprint density at radius 1 is 1.05 bits per heavy atom. The van der Waals surface area contributed by atoms with Crippen molar-refractivity contribution in [3.8, 4) is 0 Å². The highest BCUT2D eigenvalue weighted by molar-refractivity contribution is 9.10. The second-order valence-corrected chi connectivity index (χ2v) is 6.88. The second-order valence-electron chi connectivity index (χ2n) is 5.97. The van der Waals surface area contributed by atoms with E-state index in [0.29, 0.717) is 6.04 Å². The molecule has 1 fully saturated rings. The van der Waals surface area contributed by atoms with Crippen LogP contribution in [-0.2, 0) is 6.42 Å². The van der Waals surface area contributed by atoms with Crippen LogP contribution in [0.25, 0.3) is 0 Å². The molecule has 0 bridgehead atoms. The standard InChI is InChI=1S/C19H22BrN/c1-21-19(13-14-5-11-18(20)12-6-14)17-9-7-16(8-10-17)15-3-2-4-15/h5-12,15,19,21H,2-4,13H2,1H3. The average molecular weight is 344 g/mol. The van der Waals surface area contributed by atoms with Gasteiger partial charge in [-0.2, -0.15) is 0 Å². The lowest BCUT2D eigenvalue weighted by atomic mass is 9.79. The van der Waals surface area contributed by atoms with Crippen molar-refractivity contribution in [3.05, 3.63) is 69.7 Å². The summed E-state index contributed by atoms with van der Waals surface area (Å²) in [5.41, 5.74) is 4.26. The molecule has 0 amide bonds. The van der Waals surface area contributed by atoms with Crippen LogP contribution in [0.5, 0.6) is 0 Å². The van der Waals surface area contributed by atoms with Crippen LogP contribution < -0.4 is 5.32 Å². The molecule has 1 unspecified atom stereocenters. The molecule has 1 nitrogen and oxygen atoms in total. The van der Waals surface area contributed by atoms with Gasteiger partial charge in [-0.1, -0.05) is 58.7 Å². The lowest BCUT2D eigenvalue weighted by molar-refractivity contribution is 0.419. The monoisotopic (exact) mass is 343 g/mol. The van der Waals surface area contributed by atoms with Crippen molar-refractivity contribution in [2.45, 2.75) is 37.6 Å². The van der Waals surface area contributed by atoms with Gasteiger partial charge in [0, 0.05) is 10.5 Å². The Hall–Kier alpha value is -1.12. The van der Waals surface area contributed by atoms with Gasteiger partial charge in [-0.25, -0.2) is 0 Å². The molecule has 1 aliphatic rings. The summed E-state index contributed by atoms with van der Waals surface area (Å²) >= 11 is 3.49. The Morgan fingerprint density at radius 3 is 2.24 bits per heavy atom. The van der Waals surface area contributed by atoms with Crippen LogP contribution >= 0.6 is 15.9 Å². The Kier molecular flexibility index (Phi) is 4.77. The summed E-state index contributed by atoms with van der Waals surface area (Å²) in [6, 6.07) is 18.2. The normalized spacial score (nSPS) is 16.5. The van der Waals surface area contributed by atoms with Gasteiger partial charge in [0.25, 0.3) is 0 Å². The van der Waals surface area contributed by atoms with Crippen LogP contribution in [0.3, 0.4) is 0 Å². The van der Waals surface area contributed by atoms with Crippen LogP contribution in [0.2, 0.25) is 0 Å². The van der Waals surface area contributed by atoms with E-state index in [0.717, 1.165) is 16.8 Å². The third kappa shape index (κ3) is 3.56. The fourth-order valence-electron chi connectivity index (χ4n) is 2.98. The maximum atomic E-state index is 3.49. The maximum absolute atomic E-state index is 3.49. The Bertz CT molecular complexity index is 570. The van der Waals surface area contributed by atoms with Crippen LogP contribution in [-0.4, -0.2) is 7.05 Å². The van der Waals surface area contributed by atoms with E-state index in [1.165, 1.54) is 36.0 Å². The lowest BCUT2D eigenvalue weighted by Gasteiger charge is -2.26. The smallest absolute Gasteiger partial charge is 0.0358 e. The minimum Gasteiger partial charge on any atom is -0.313 e. The zero-order valence-corrected chi connectivity index (χ0v) is 14.1. The molecule has 2 aromatic rings. The van der Waals surface area contributed by atoms with E-state index in [1.54, 1.807) is 0 Å². The maximum Gasteiger partial charge on any atom is 0.0358 e. The number of nitrogens with one attached hydrogen (secondary N) is 1. The topological polar surface area (TPSA) is 12.0 Å². The first-order chi connectivity index (χ1) is 10.3. The summed E-state index contributed by atoms with van der Waals surface area (Å²) in [6.45, 7) is 0. The molecule has 21 heavy (non-hydrogen) atoms. The summed E-state index contributed by atoms with van der Waals surface area (Å²) < 4.78 is 1.14. The number of halogens is 1. The minimum absolute atomic E-state index is 0.376. The zero-order chi connectivity index (χ0) is 14.7. The first-order valence-electron chi connectivity index (χ1n) is 7.78. The molecule has 3 rings (SSSR count). The predicted molar refractivity (Wildman–Crippen MR) is 92.7 cm³/mol. The van der Waals surface area contributed by atoms with Crippen molar-refractivity contribution in [2.75, 3.05) is 7.05 Å². The fourth-order valence-corrected chi connectivity index (χ4v) is 3.25. The molecule has 1 saturated carbocycles. The van der Waals surface area contributed by atoms with Crippen molar-refractivity contribution >= 4 is 15.9 Å². The summed E-state index contributed by atoms with van der Waals surface area (Å²) in [5.74, 6) is 0.818. The molecule has 0 radical (unpaired) electrons. The van der Waals surface area contributed by atoms with E-state index in [-0.39, 0.29) is 0 Å². The third-order valence-electron chi connectivity index (χ3n) is 4.62. The molecule has 0 saturated heterocycles. The van der Waals surface area contributed by atoms with Crippen molar-refractivity contribution < 1.29 is 0 Å². The number of likely N-dealkylation sites (N-methyl/N-ethyl adjacent to an activating group) is 1. The van der Waals surface area contributed by atoms with Gasteiger partial charge in [0.1, 0.15) is 0 Å². The lowest BCUT2D eigenvalue weighted by Crippen LogP contribution is -2.19. The van der Waals surface area contributed by atoms with Gasteiger partial charge in [0.15, 0.2) is 0 Å². The summed E-state index contributed by atoms with van der Waals surface area (Å²) in [7, 11) is 2.05. The molecular formula is C19H22BrN. The molecule has 0 aliphatic heterocycles. The average Bonchev–Trinajstić information content (AvgIpc) is 2.46. The quantitative estimate of drug-likeness (QED) is 0.784. The second kappa shape index (κ2) is 6.76. The first-order valence-corrected chi connectivity index (χ1v) is 8.57. The molecule has 1 atom stereocenters. The van der Waals surface area contributed by atoms with E-state index in [1.807, 2.05) is 7.05 Å². The van der Waals surface area contributed by atoms with E-state index >= 15 is 0 Å². The first kappa shape index (κ1) is 14.8. The molecule has 0 aromatic heterocycles. The van der Waals surface area contributed by atoms with Crippen molar-refractivity contribution in [3.63, 3.8) is 0 Å². The summed E-state index contributed by atoms with van der Waals surface area (Å²) in [4.78, 5) is 0. The highest BCUT2D eigenvalue weighted by atomic mass is 79.9. The van der Waals surface area contributed by atoms with Crippen molar-refractivity contribution in [1.29, 1.82) is 0 Å². The van der Waals surface area contributed by atoms with Gasteiger partial charge < -0.3 is 5.32 Å². The van der Waals surface area contributed by atoms with E-state index in [2.05, 4.69) is 69.8 Å². The molecule has 0 heterocycles. The Labute approximate surface area is 135 Å². The molecule has 110 valence electrons. The predicted octanol–water partition coefficient (Wildman–Crippen LogP) is 5.22.